The van der Waals surface area contributed by atoms with Crippen molar-refractivity contribution >= 4 is 11.6 Å². The van der Waals surface area contributed by atoms with Crippen LogP contribution in [0.25, 0.3) is 0 Å². The molecule has 116 valence electrons. The second-order valence-electron chi connectivity index (χ2n) is 6.35. The van der Waals surface area contributed by atoms with Crippen LogP contribution in [0.4, 0.5) is 5.69 Å². The summed E-state index contributed by atoms with van der Waals surface area (Å²) in [5.41, 5.74) is 9.41. The third kappa shape index (κ3) is 3.97. The minimum absolute atomic E-state index is 0.107. The molecule has 1 unspecified atom stereocenters. The van der Waals surface area contributed by atoms with Gasteiger partial charge in [-0.15, -0.1) is 0 Å². The van der Waals surface area contributed by atoms with Crippen molar-refractivity contribution in [1.82, 2.24) is 10.2 Å². The fraction of sp³-hybridized carbons (Fsp3) is 0.588. The number of nitrogens with one attached hydrogen (secondary N) is 1. The number of carbonyl (C=O) groups excluding carboxylic acids is 1. The first-order chi connectivity index (χ1) is 9.99. The van der Waals surface area contributed by atoms with Crippen molar-refractivity contribution in [3.63, 3.8) is 0 Å². The van der Waals surface area contributed by atoms with Crippen LogP contribution in [-0.4, -0.2) is 29.9 Å². The Morgan fingerprint density at radius 2 is 2.14 bits per heavy atom. The fourth-order valence-corrected chi connectivity index (χ4v) is 2.76. The smallest absolute Gasteiger partial charge is 0.237 e. The predicted molar refractivity (Wildman–Crippen MR) is 86.9 cm³/mol. The van der Waals surface area contributed by atoms with Gasteiger partial charge < -0.3 is 11.1 Å². The second kappa shape index (κ2) is 6.94. The van der Waals surface area contributed by atoms with Crippen molar-refractivity contribution in [3.05, 3.63) is 29.3 Å². The molecule has 1 amide bonds. The van der Waals surface area contributed by atoms with Gasteiger partial charge in [-0.1, -0.05) is 26.0 Å². The largest absolute Gasteiger partial charge is 0.398 e. The van der Waals surface area contributed by atoms with E-state index >= 15 is 0 Å². The maximum absolute atomic E-state index is 12.2. The molecule has 0 fully saturated rings. The first kappa shape index (κ1) is 15.8. The molecule has 1 atom stereocenters. The fourth-order valence-electron chi connectivity index (χ4n) is 2.76. The highest BCUT2D eigenvalue weighted by Crippen LogP contribution is 2.25. The summed E-state index contributed by atoms with van der Waals surface area (Å²) in [6.07, 6.45) is 1.98. The van der Waals surface area contributed by atoms with E-state index in [1.165, 1.54) is 11.1 Å². The van der Waals surface area contributed by atoms with Gasteiger partial charge in [0.1, 0.15) is 0 Å². The van der Waals surface area contributed by atoms with Gasteiger partial charge in [-0.3, -0.25) is 9.69 Å². The number of carbonyl (C=O) groups is 1. The molecule has 0 bridgehead atoms. The summed E-state index contributed by atoms with van der Waals surface area (Å²) in [6.45, 7) is 8.75. The molecule has 0 aliphatic carbocycles. The summed E-state index contributed by atoms with van der Waals surface area (Å²) < 4.78 is 0. The molecule has 0 radical (unpaired) electrons. The summed E-state index contributed by atoms with van der Waals surface area (Å²) in [4.78, 5) is 14.4. The van der Waals surface area contributed by atoms with Gasteiger partial charge in [-0.05, 0) is 42.9 Å². The van der Waals surface area contributed by atoms with Crippen LogP contribution in [0.3, 0.4) is 0 Å². The van der Waals surface area contributed by atoms with Crippen LogP contribution < -0.4 is 11.1 Å². The molecule has 21 heavy (non-hydrogen) atoms. The predicted octanol–water partition coefficient (Wildman–Crippen LogP) is 2.18. The van der Waals surface area contributed by atoms with Gasteiger partial charge in [0.15, 0.2) is 0 Å². The van der Waals surface area contributed by atoms with Crippen LogP contribution in [0.5, 0.6) is 0 Å². The average molecular weight is 289 g/mol. The molecule has 0 aromatic heterocycles. The van der Waals surface area contributed by atoms with E-state index in [-0.39, 0.29) is 11.9 Å². The highest BCUT2D eigenvalue weighted by atomic mass is 16.2. The number of nitrogens with two attached hydrogens (primary N) is 1. The van der Waals surface area contributed by atoms with Crippen LogP contribution in [0.1, 0.15) is 38.3 Å². The topological polar surface area (TPSA) is 58.4 Å². The van der Waals surface area contributed by atoms with Crippen molar-refractivity contribution in [2.45, 2.75) is 46.2 Å². The third-order valence-corrected chi connectivity index (χ3v) is 4.29. The van der Waals surface area contributed by atoms with Gasteiger partial charge in [0, 0.05) is 25.3 Å². The lowest BCUT2D eigenvalue weighted by Crippen LogP contribution is -2.47. The molecule has 0 saturated carbocycles. The van der Waals surface area contributed by atoms with Crippen LogP contribution in [0.2, 0.25) is 0 Å². The quantitative estimate of drug-likeness (QED) is 0.817. The van der Waals surface area contributed by atoms with Gasteiger partial charge in [0.05, 0.1) is 6.04 Å². The van der Waals surface area contributed by atoms with E-state index in [0.717, 1.165) is 38.2 Å². The molecule has 0 saturated heterocycles. The summed E-state index contributed by atoms with van der Waals surface area (Å²) >= 11 is 0. The zero-order chi connectivity index (χ0) is 15.4. The monoisotopic (exact) mass is 289 g/mol. The molecule has 4 nitrogen and oxygen atoms in total. The van der Waals surface area contributed by atoms with Crippen LogP contribution in [0.15, 0.2) is 18.2 Å². The maximum atomic E-state index is 12.2. The molecule has 2 rings (SSSR count). The van der Waals surface area contributed by atoms with Gasteiger partial charge in [0.25, 0.3) is 0 Å². The van der Waals surface area contributed by atoms with Gasteiger partial charge in [-0.2, -0.15) is 0 Å². The van der Waals surface area contributed by atoms with E-state index in [4.69, 9.17) is 5.73 Å². The molecular weight excluding hydrogens is 262 g/mol. The minimum Gasteiger partial charge on any atom is -0.398 e. The molecule has 0 spiro atoms. The van der Waals surface area contributed by atoms with Gasteiger partial charge in [0.2, 0.25) is 5.91 Å². The van der Waals surface area contributed by atoms with E-state index in [0.29, 0.717) is 5.92 Å². The molecular formula is C17H27N3O. The lowest BCUT2D eigenvalue weighted by atomic mass is 9.97. The number of hydrogen-bond acceptors (Lipinski definition) is 3. The number of anilines is 1. The van der Waals surface area contributed by atoms with Crippen LogP contribution in [0, 0.1) is 5.92 Å². The van der Waals surface area contributed by atoms with E-state index < -0.39 is 0 Å². The Morgan fingerprint density at radius 1 is 1.38 bits per heavy atom. The lowest BCUT2D eigenvalue weighted by Gasteiger charge is -2.33. The van der Waals surface area contributed by atoms with Gasteiger partial charge in [-0.25, -0.2) is 0 Å². The Morgan fingerprint density at radius 3 is 2.86 bits per heavy atom. The lowest BCUT2D eigenvalue weighted by molar-refractivity contribution is -0.126. The maximum Gasteiger partial charge on any atom is 0.237 e. The molecule has 1 aromatic carbocycles. The second-order valence-corrected chi connectivity index (χ2v) is 6.35. The normalized spacial score (nSPS) is 16.6. The summed E-state index contributed by atoms with van der Waals surface area (Å²) in [5, 5.41) is 3.04. The number of benzene rings is 1. The minimum atomic E-state index is -0.107. The zero-order valence-corrected chi connectivity index (χ0v) is 13.4. The number of fused-ring (bicyclic) bond motifs is 1. The highest BCUT2D eigenvalue weighted by molar-refractivity contribution is 5.81. The average Bonchev–Trinajstić information content (AvgIpc) is 2.46. The van der Waals surface area contributed by atoms with Crippen molar-refractivity contribution in [3.8, 4) is 0 Å². The molecule has 4 heteroatoms. The van der Waals surface area contributed by atoms with Crippen molar-refractivity contribution < 1.29 is 4.79 Å². The van der Waals surface area contributed by atoms with E-state index in [1.54, 1.807) is 0 Å². The molecule has 1 heterocycles. The SMILES string of the molecule is CC(C)CCNC(=O)C(C)N1CCc2cccc(N)c2C1. The van der Waals surface area contributed by atoms with Crippen LogP contribution >= 0.6 is 0 Å². The summed E-state index contributed by atoms with van der Waals surface area (Å²) in [7, 11) is 0. The standard InChI is InChI=1S/C17H27N3O/c1-12(2)7-9-19-17(21)13(3)20-10-8-14-5-4-6-16(18)15(14)11-20/h4-6,12-13H,7-11,18H2,1-3H3,(H,19,21). The van der Waals surface area contributed by atoms with E-state index in [9.17, 15) is 4.79 Å². The molecule has 3 N–H and O–H groups in total. The van der Waals surface area contributed by atoms with Crippen molar-refractivity contribution in [2.75, 3.05) is 18.8 Å². The van der Waals surface area contributed by atoms with Crippen LogP contribution in [-0.2, 0) is 17.8 Å². The first-order valence-corrected chi connectivity index (χ1v) is 7.87. The third-order valence-electron chi connectivity index (χ3n) is 4.29. The Kier molecular flexibility index (Phi) is 5.23. The Balaban J connectivity index is 1.94. The molecule has 1 aromatic rings. The number of nitrogen functional groups attached to an aromatic ring is 1. The zero-order valence-electron chi connectivity index (χ0n) is 13.4. The van der Waals surface area contributed by atoms with Crippen molar-refractivity contribution in [1.29, 1.82) is 0 Å². The Bertz CT molecular complexity index is 499. The van der Waals surface area contributed by atoms with E-state index in [1.807, 2.05) is 19.1 Å². The molecule has 1 aliphatic rings. The van der Waals surface area contributed by atoms with E-state index in [2.05, 4.69) is 30.1 Å². The number of rotatable bonds is 5. The number of hydrogen-bond donors (Lipinski definition) is 2. The highest BCUT2D eigenvalue weighted by Gasteiger charge is 2.25. The number of nitrogens with zero attached hydrogens (tertiary/aromatic N) is 1. The Labute approximate surface area is 127 Å². The Hall–Kier alpha value is -1.55. The molecule has 1 aliphatic heterocycles. The first-order valence-electron chi connectivity index (χ1n) is 7.87. The summed E-state index contributed by atoms with van der Waals surface area (Å²) in [5.74, 6) is 0.732. The summed E-state index contributed by atoms with van der Waals surface area (Å²) in [6, 6.07) is 5.97. The number of amides is 1. The van der Waals surface area contributed by atoms with Crippen molar-refractivity contribution in [2.24, 2.45) is 5.92 Å². The van der Waals surface area contributed by atoms with Gasteiger partial charge >= 0.3 is 0 Å².